The molecule has 8 heteroatoms. The second-order valence-corrected chi connectivity index (χ2v) is 14.8. The molecule has 3 aliphatic heterocycles. The summed E-state index contributed by atoms with van der Waals surface area (Å²) in [5, 5.41) is 11.6. The van der Waals surface area contributed by atoms with Crippen LogP contribution in [-0.2, 0) is 15.1 Å². The second kappa shape index (κ2) is 8.59. The standard InChI is InChI=1S/C30H31FN2O4Si/c1-5-15-32-23-13-12-20(33-24-11-7-9-19-8-6-10-21(26(19)24)28(33)35)17-22(23)30(29(32)36)18(2)27(38(3,4)31)25(37-30)14-16-34/h5-13,17-18,25,27,34H,1,14-16H2,2-4H3/t18-,25+,27-,30+/m0/s1. The molecule has 196 valence electrons. The summed E-state index contributed by atoms with van der Waals surface area (Å²) in [6, 6.07) is 17.1. The second-order valence-electron chi connectivity index (χ2n) is 11.0. The van der Waals surface area contributed by atoms with Gasteiger partial charge in [-0.05, 0) is 55.2 Å². The van der Waals surface area contributed by atoms with Crippen molar-refractivity contribution >= 4 is 48.1 Å². The van der Waals surface area contributed by atoms with Gasteiger partial charge in [-0.25, -0.2) is 0 Å². The summed E-state index contributed by atoms with van der Waals surface area (Å²) in [6.45, 7) is 9.12. The van der Waals surface area contributed by atoms with Crippen molar-refractivity contribution in [2.45, 2.75) is 43.7 Å². The Morgan fingerprint density at radius 3 is 2.55 bits per heavy atom. The Hall–Kier alpha value is -3.33. The average molecular weight is 531 g/mol. The first-order valence-electron chi connectivity index (χ1n) is 13.1. The molecule has 0 bridgehead atoms. The van der Waals surface area contributed by atoms with E-state index in [4.69, 9.17) is 4.74 Å². The largest absolute Gasteiger partial charge is 0.396 e. The molecular formula is C30H31FN2O4Si. The maximum atomic E-state index is 15.7. The first-order chi connectivity index (χ1) is 18.1. The fourth-order valence-corrected chi connectivity index (χ4v) is 9.60. The van der Waals surface area contributed by atoms with Gasteiger partial charge in [0.15, 0.2) is 5.60 Å². The van der Waals surface area contributed by atoms with Gasteiger partial charge in [0, 0.05) is 41.2 Å². The predicted octanol–water partition coefficient (Wildman–Crippen LogP) is 5.82. The molecule has 0 aromatic heterocycles. The maximum absolute atomic E-state index is 15.7. The van der Waals surface area contributed by atoms with Gasteiger partial charge in [0.1, 0.15) is 0 Å². The van der Waals surface area contributed by atoms with Crippen molar-refractivity contribution < 1.29 is 23.5 Å². The van der Waals surface area contributed by atoms with Gasteiger partial charge in [-0.2, -0.15) is 0 Å². The molecule has 1 saturated heterocycles. The topological polar surface area (TPSA) is 70.1 Å². The summed E-state index contributed by atoms with van der Waals surface area (Å²) in [5.41, 5.74) is 1.47. The zero-order valence-corrected chi connectivity index (χ0v) is 22.8. The van der Waals surface area contributed by atoms with Gasteiger partial charge < -0.3 is 18.9 Å². The molecule has 1 spiro atoms. The molecule has 0 radical (unpaired) electrons. The SMILES string of the molecule is C=CCN1C(=O)[C@]2(O[C@H](CCO)[C@@H]([Si](C)(C)F)[C@@H]2C)c2cc(N3C(=O)c4cccc5cccc3c45)ccc21. The molecule has 6 nitrogen and oxygen atoms in total. The maximum Gasteiger partial charge on any atom is 0.264 e. The number of rotatable bonds is 6. The highest BCUT2D eigenvalue weighted by atomic mass is 28.4. The van der Waals surface area contributed by atoms with Gasteiger partial charge in [0.2, 0.25) is 8.41 Å². The number of aliphatic hydroxyl groups excluding tert-OH is 1. The summed E-state index contributed by atoms with van der Waals surface area (Å²) in [7, 11) is -3.29. The van der Waals surface area contributed by atoms with Crippen LogP contribution in [0, 0.1) is 5.92 Å². The Labute approximate surface area is 222 Å². The van der Waals surface area contributed by atoms with Crippen LogP contribution in [0.1, 0.15) is 29.3 Å². The highest BCUT2D eigenvalue weighted by Crippen LogP contribution is 2.60. The third-order valence-electron chi connectivity index (χ3n) is 8.48. The van der Waals surface area contributed by atoms with Gasteiger partial charge in [0.25, 0.3) is 11.8 Å². The number of anilines is 3. The first kappa shape index (κ1) is 25.0. The molecular weight excluding hydrogens is 499 g/mol. The van der Waals surface area contributed by atoms with Gasteiger partial charge in [-0.1, -0.05) is 37.3 Å². The minimum Gasteiger partial charge on any atom is -0.396 e. The van der Waals surface area contributed by atoms with Crippen LogP contribution >= 0.6 is 0 Å². The number of amides is 2. The van der Waals surface area contributed by atoms with Crippen LogP contribution in [0.2, 0.25) is 18.6 Å². The van der Waals surface area contributed by atoms with Crippen molar-refractivity contribution in [2.75, 3.05) is 23.0 Å². The molecule has 1 N–H and O–H groups in total. The smallest absolute Gasteiger partial charge is 0.264 e. The van der Waals surface area contributed by atoms with Crippen molar-refractivity contribution in [3.8, 4) is 0 Å². The molecule has 0 aliphatic carbocycles. The van der Waals surface area contributed by atoms with Crippen LogP contribution in [0.15, 0.2) is 67.3 Å². The van der Waals surface area contributed by atoms with E-state index in [9.17, 15) is 14.7 Å². The number of carbonyl (C=O) groups is 2. The number of hydrogen-bond donors (Lipinski definition) is 1. The number of hydrogen-bond acceptors (Lipinski definition) is 4. The summed E-state index contributed by atoms with van der Waals surface area (Å²) < 4.78 is 22.3. The minimum absolute atomic E-state index is 0.133. The number of halogens is 1. The molecule has 1 fully saturated rings. The molecule has 3 heterocycles. The van der Waals surface area contributed by atoms with Gasteiger partial charge in [-0.15, -0.1) is 6.58 Å². The van der Waals surface area contributed by atoms with E-state index >= 15 is 4.11 Å². The quantitative estimate of drug-likeness (QED) is 0.248. The lowest BCUT2D eigenvalue weighted by molar-refractivity contribution is -0.146. The molecule has 3 aliphatic rings. The van der Waals surface area contributed by atoms with Crippen molar-refractivity contribution in [1.29, 1.82) is 0 Å². The normalized spacial score (nSPS) is 26.2. The number of benzene rings is 3. The van der Waals surface area contributed by atoms with Crippen molar-refractivity contribution in [1.82, 2.24) is 0 Å². The Bertz CT molecular complexity index is 1500. The third-order valence-corrected chi connectivity index (χ3v) is 10.9. The van der Waals surface area contributed by atoms with Gasteiger partial charge in [0.05, 0.1) is 23.0 Å². The highest BCUT2D eigenvalue weighted by Gasteiger charge is 2.66. The first-order valence-corrected chi connectivity index (χ1v) is 16.0. The molecule has 0 unspecified atom stereocenters. The molecule has 6 rings (SSSR count). The number of carbonyl (C=O) groups excluding carboxylic acids is 2. The Balaban J connectivity index is 1.54. The molecule has 3 aromatic rings. The number of aliphatic hydroxyl groups is 1. The number of ether oxygens (including phenoxy) is 1. The lowest BCUT2D eigenvalue weighted by atomic mass is 9.82. The third kappa shape index (κ3) is 3.23. The van der Waals surface area contributed by atoms with Crippen LogP contribution in [0.25, 0.3) is 10.8 Å². The minimum atomic E-state index is -3.29. The van der Waals surface area contributed by atoms with Crippen LogP contribution in [-0.4, -0.2) is 44.6 Å². The van der Waals surface area contributed by atoms with Gasteiger partial charge >= 0.3 is 0 Å². The van der Waals surface area contributed by atoms with E-state index in [0.29, 0.717) is 22.5 Å². The highest BCUT2D eigenvalue weighted by molar-refractivity contribution is 6.72. The average Bonchev–Trinajstić information content (AvgIpc) is 3.43. The van der Waals surface area contributed by atoms with Crippen LogP contribution in [0.4, 0.5) is 21.2 Å². The number of fused-ring (bicyclic) bond motifs is 2. The predicted molar refractivity (Wildman–Crippen MR) is 149 cm³/mol. The summed E-state index contributed by atoms with van der Waals surface area (Å²) >= 11 is 0. The Kier molecular flexibility index (Phi) is 5.65. The Morgan fingerprint density at radius 1 is 1.13 bits per heavy atom. The van der Waals surface area contributed by atoms with Crippen LogP contribution in [0.3, 0.4) is 0 Å². The molecule has 4 atom stereocenters. The van der Waals surface area contributed by atoms with Crippen molar-refractivity contribution in [3.05, 3.63) is 78.4 Å². The monoisotopic (exact) mass is 530 g/mol. The summed E-state index contributed by atoms with van der Waals surface area (Å²) in [6.07, 6.45) is 1.33. The van der Waals surface area contributed by atoms with Crippen molar-refractivity contribution in [2.24, 2.45) is 5.92 Å². The van der Waals surface area contributed by atoms with E-state index in [1.54, 1.807) is 29.0 Å². The van der Waals surface area contributed by atoms with Crippen molar-refractivity contribution in [3.63, 3.8) is 0 Å². The molecule has 38 heavy (non-hydrogen) atoms. The van der Waals surface area contributed by atoms with E-state index < -0.39 is 31.6 Å². The Morgan fingerprint density at radius 2 is 1.87 bits per heavy atom. The number of nitrogens with zero attached hydrogens (tertiary/aromatic N) is 2. The zero-order chi connectivity index (χ0) is 27.0. The van der Waals surface area contributed by atoms with E-state index in [0.717, 1.165) is 16.5 Å². The van der Waals surface area contributed by atoms with E-state index in [2.05, 4.69) is 6.58 Å². The van der Waals surface area contributed by atoms with Gasteiger partial charge in [-0.3, -0.25) is 14.5 Å². The molecule has 3 aromatic carbocycles. The van der Waals surface area contributed by atoms with E-state index in [1.807, 2.05) is 61.5 Å². The lowest BCUT2D eigenvalue weighted by Crippen LogP contribution is -2.45. The molecule has 0 saturated carbocycles. The van der Waals surface area contributed by atoms with E-state index in [1.165, 1.54) is 0 Å². The fraction of sp³-hybridized carbons (Fsp3) is 0.333. The van der Waals surface area contributed by atoms with Crippen LogP contribution < -0.4 is 9.80 Å². The lowest BCUT2D eigenvalue weighted by Gasteiger charge is -2.31. The zero-order valence-electron chi connectivity index (χ0n) is 21.8. The summed E-state index contributed by atoms with van der Waals surface area (Å²) in [4.78, 5) is 31.1. The van der Waals surface area contributed by atoms with E-state index in [-0.39, 0.29) is 31.4 Å². The molecule has 2 amide bonds. The fourth-order valence-electron chi connectivity index (χ4n) is 7.05. The summed E-state index contributed by atoms with van der Waals surface area (Å²) in [5.74, 6) is -0.845. The van der Waals surface area contributed by atoms with Crippen LogP contribution in [0.5, 0.6) is 0 Å².